The van der Waals surface area contributed by atoms with Crippen LogP contribution in [0.1, 0.15) is 11.8 Å². The van der Waals surface area contributed by atoms with Crippen LogP contribution < -0.4 is 16.0 Å². The Balaban J connectivity index is 1.42. The number of aromatic nitrogens is 4. The van der Waals surface area contributed by atoms with Crippen LogP contribution in [-0.2, 0) is 15.3 Å². The summed E-state index contributed by atoms with van der Waals surface area (Å²) in [6.45, 7) is -0.388. The molecule has 11 nitrogen and oxygen atoms in total. The van der Waals surface area contributed by atoms with Crippen LogP contribution in [0.3, 0.4) is 0 Å². The first-order valence-corrected chi connectivity index (χ1v) is 12.0. The van der Waals surface area contributed by atoms with Crippen LogP contribution in [0.2, 0.25) is 0 Å². The van der Waals surface area contributed by atoms with E-state index in [1.807, 2.05) is 49.3 Å². The van der Waals surface area contributed by atoms with E-state index in [-0.39, 0.29) is 6.61 Å². The fraction of sp³-hybridized carbons (Fsp3) is 0.455. The Hall–Kier alpha value is -2.77. The first kappa shape index (κ1) is 24.4. The third-order valence-electron chi connectivity index (χ3n) is 5.65. The number of benzene rings is 1. The van der Waals surface area contributed by atoms with Gasteiger partial charge in [0.05, 0.1) is 25.0 Å². The van der Waals surface area contributed by atoms with Crippen LogP contribution >= 0.6 is 11.8 Å². The van der Waals surface area contributed by atoms with E-state index in [2.05, 4.69) is 20.3 Å². The van der Waals surface area contributed by atoms with Gasteiger partial charge in [0.25, 0.3) is 0 Å². The molecule has 1 fully saturated rings. The number of hydrogen-bond acceptors (Lipinski definition) is 10. The highest BCUT2D eigenvalue weighted by atomic mass is 32.2. The van der Waals surface area contributed by atoms with E-state index >= 15 is 0 Å². The molecule has 1 aliphatic rings. The molecule has 3 heterocycles. The maximum atomic E-state index is 12.7. The van der Waals surface area contributed by atoms with Gasteiger partial charge in [-0.15, -0.1) is 0 Å². The lowest BCUT2D eigenvalue weighted by Crippen LogP contribution is -2.53. The SMILES string of the molecule is CN(C)c1ncnc2c1ncn2[C@@H]1O[C@H](CO)[C@@H](NC(=O)[C@H](N)CSCc2ccccc2)[C@H]1O. The molecule has 182 valence electrons. The first-order chi connectivity index (χ1) is 16.4. The minimum Gasteiger partial charge on any atom is -0.394 e. The predicted octanol–water partition coefficient (Wildman–Crippen LogP) is -0.112. The number of anilines is 1. The number of thioether (sulfide) groups is 1. The fourth-order valence-electron chi connectivity index (χ4n) is 3.88. The molecule has 0 bridgehead atoms. The smallest absolute Gasteiger partial charge is 0.238 e. The number of amides is 1. The second-order valence-corrected chi connectivity index (χ2v) is 9.33. The van der Waals surface area contributed by atoms with Crippen molar-refractivity contribution in [2.24, 2.45) is 5.73 Å². The van der Waals surface area contributed by atoms with Crippen LogP contribution in [-0.4, -0.2) is 86.4 Å². The van der Waals surface area contributed by atoms with Gasteiger partial charge in [-0.05, 0) is 5.56 Å². The monoisotopic (exact) mass is 487 g/mol. The summed E-state index contributed by atoms with van der Waals surface area (Å²) in [5.74, 6) is 1.36. The number of nitrogens with zero attached hydrogens (tertiary/aromatic N) is 5. The lowest BCUT2D eigenvalue weighted by Gasteiger charge is -2.22. The molecule has 1 aliphatic heterocycles. The van der Waals surface area contributed by atoms with Gasteiger partial charge in [0.2, 0.25) is 5.91 Å². The van der Waals surface area contributed by atoms with Gasteiger partial charge >= 0.3 is 0 Å². The predicted molar refractivity (Wildman–Crippen MR) is 129 cm³/mol. The van der Waals surface area contributed by atoms with Gasteiger partial charge in [0.15, 0.2) is 23.2 Å². The van der Waals surface area contributed by atoms with Crippen LogP contribution in [0.15, 0.2) is 43.0 Å². The van der Waals surface area contributed by atoms with Crippen molar-refractivity contribution in [3.05, 3.63) is 48.5 Å². The van der Waals surface area contributed by atoms with Crippen LogP contribution in [0.4, 0.5) is 5.82 Å². The molecule has 0 saturated carbocycles. The third-order valence-corrected chi connectivity index (χ3v) is 6.78. The molecule has 12 heteroatoms. The molecule has 0 unspecified atom stereocenters. The zero-order valence-corrected chi connectivity index (χ0v) is 19.8. The number of ether oxygens (including phenoxy) is 1. The highest BCUT2D eigenvalue weighted by molar-refractivity contribution is 7.98. The Labute approximate surface area is 201 Å². The van der Waals surface area contributed by atoms with Crippen molar-refractivity contribution >= 4 is 34.7 Å². The largest absolute Gasteiger partial charge is 0.394 e. The van der Waals surface area contributed by atoms with Gasteiger partial charge < -0.3 is 30.9 Å². The lowest BCUT2D eigenvalue weighted by molar-refractivity contribution is -0.123. The molecule has 5 N–H and O–H groups in total. The topological polar surface area (TPSA) is 152 Å². The Morgan fingerprint density at radius 2 is 2.06 bits per heavy atom. The zero-order valence-electron chi connectivity index (χ0n) is 19.0. The molecular weight excluding hydrogens is 458 g/mol. The quantitative estimate of drug-likeness (QED) is 0.322. The zero-order chi connectivity index (χ0) is 24.2. The van der Waals surface area contributed by atoms with Crippen molar-refractivity contribution in [3.8, 4) is 0 Å². The number of carbonyl (C=O) groups is 1. The Morgan fingerprint density at radius 3 is 2.76 bits per heavy atom. The average Bonchev–Trinajstić information content (AvgIpc) is 3.40. The summed E-state index contributed by atoms with van der Waals surface area (Å²) in [6.07, 6.45) is 0.0407. The van der Waals surface area contributed by atoms with Gasteiger partial charge in [0, 0.05) is 25.6 Å². The number of nitrogens with two attached hydrogens (primary N) is 1. The molecule has 5 atom stereocenters. The van der Waals surface area contributed by atoms with E-state index in [0.717, 1.165) is 11.3 Å². The summed E-state index contributed by atoms with van der Waals surface area (Å²) in [6, 6.07) is 8.29. The van der Waals surface area contributed by atoms with Crippen molar-refractivity contribution < 1.29 is 19.7 Å². The summed E-state index contributed by atoms with van der Waals surface area (Å²) in [4.78, 5) is 27.4. The van der Waals surface area contributed by atoms with E-state index in [1.54, 1.807) is 16.3 Å². The van der Waals surface area contributed by atoms with Crippen molar-refractivity contribution in [2.45, 2.75) is 36.3 Å². The standard InChI is InChI=1S/C22H29N7O4S/c1-28(2)19-17-20(25-11-24-19)29(12-26-17)22-18(31)16(15(8-30)33-22)27-21(32)14(23)10-34-9-13-6-4-3-5-7-13/h3-7,11-12,14-16,18,22,30-31H,8-10,23H2,1-2H3,(H,27,32)/t14-,15-,16-,18-,22-/m1/s1. The summed E-state index contributed by atoms with van der Waals surface area (Å²) in [5.41, 5.74) is 8.26. The highest BCUT2D eigenvalue weighted by Gasteiger charge is 2.46. The van der Waals surface area contributed by atoms with Crippen molar-refractivity contribution in [3.63, 3.8) is 0 Å². The van der Waals surface area contributed by atoms with Gasteiger partial charge in [-0.1, -0.05) is 30.3 Å². The number of imidazole rings is 1. The minimum atomic E-state index is -1.15. The molecule has 1 saturated heterocycles. The van der Waals surface area contributed by atoms with Crippen LogP contribution in [0.5, 0.6) is 0 Å². The van der Waals surface area contributed by atoms with Crippen molar-refractivity contribution in [1.29, 1.82) is 0 Å². The number of fused-ring (bicyclic) bond motifs is 1. The van der Waals surface area contributed by atoms with Gasteiger partial charge in [-0.25, -0.2) is 15.0 Å². The van der Waals surface area contributed by atoms with Gasteiger partial charge in [0.1, 0.15) is 18.5 Å². The summed E-state index contributed by atoms with van der Waals surface area (Å²) < 4.78 is 7.48. The number of hydrogen-bond donors (Lipinski definition) is 4. The van der Waals surface area contributed by atoms with E-state index in [0.29, 0.717) is 22.7 Å². The molecule has 1 aromatic carbocycles. The third kappa shape index (κ3) is 5.00. The van der Waals surface area contributed by atoms with E-state index in [9.17, 15) is 15.0 Å². The van der Waals surface area contributed by atoms with Crippen LogP contribution in [0.25, 0.3) is 11.2 Å². The van der Waals surface area contributed by atoms with Crippen LogP contribution in [0, 0.1) is 0 Å². The number of aliphatic hydroxyl groups is 2. The molecule has 0 spiro atoms. The van der Waals surface area contributed by atoms with Gasteiger partial charge in [-0.2, -0.15) is 11.8 Å². The van der Waals surface area contributed by atoms with E-state index in [1.165, 1.54) is 12.7 Å². The minimum absolute atomic E-state index is 0.388. The number of rotatable bonds is 9. The molecular formula is C22H29N7O4S. The summed E-state index contributed by atoms with van der Waals surface area (Å²) in [5, 5.41) is 23.6. The second-order valence-electron chi connectivity index (χ2n) is 8.30. The number of carbonyl (C=O) groups excluding carboxylic acids is 1. The molecule has 1 amide bonds. The lowest BCUT2D eigenvalue weighted by atomic mass is 10.1. The van der Waals surface area contributed by atoms with Crippen molar-refractivity contribution in [1.82, 2.24) is 24.8 Å². The second kappa shape index (κ2) is 10.7. The molecule has 4 rings (SSSR count). The summed E-state index contributed by atoms with van der Waals surface area (Å²) in [7, 11) is 3.69. The Morgan fingerprint density at radius 1 is 1.29 bits per heavy atom. The molecule has 3 aromatic rings. The first-order valence-electron chi connectivity index (χ1n) is 10.9. The maximum absolute atomic E-state index is 12.7. The van der Waals surface area contributed by atoms with E-state index in [4.69, 9.17) is 10.5 Å². The number of aliphatic hydroxyl groups excluding tert-OH is 2. The van der Waals surface area contributed by atoms with E-state index < -0.39 is 36.4 Å². The molecule has 2 aromatic heterocycles. The van der Waals surface area contributed by atoms with Crippen molar-refractivity contribution in [2.75, 3.05) is 31.4 Å². The molecule has 0 radical (unpaired) electrons. The average molecular weight is 488 g/mol. The highest BCUT2D eigenvalue weighted by Crippen LogP contribution is 2.32. The normalized spacial score (nSPS) is 23.2. The number of nitrogens with one attached hydrogen (secondary N) is 1. The van der Waals surface area contributed by atoms with Gasteiger partial charge in [-0.3, -0.25) is 9.36 Å². The Kier molecular flexibility index (Phi) is 7.63. The summed E-state index contributed by atoms with van der Waals surface area (Å²) >= 11 is 1.55. The fourth-order valence-corrected chi connectivity index (χ4v) is 4.84. The molecule has 0 aliphatic carbocycles. The Bertz CT molecular complexity index is 1110. The maximum Gasteiger partial charge on any atom is 0.238 e. The molecule has 34 heavy (non-hydrogen) atoms.